The molecule has 0 radical (unpaired) electrons. The number of carbonyl (C=O) groups is 3. The van der Waals surface area contributed by atoms with Crippen LogP contribution in [0, 0.1) is 0 Å². The highest BCUT2D eigenvalue weighted by Gasteiger charge is 2.16. The Balaban J connectivity index is 1.53. The fourth-order valence-electron chi connectivity index (χ4n) is 2.26. The van der Waals surface area contributed by atoms with Crippen molar-refractivity contribution in [3.63, 3.8) is 0 Å². The van der Waals surface area contributed by atoms with Crippen molar-refractivity contribution < 1.29 is 23.6 Å². The molecule has 9 nitrogen and oxygen atoms in total. The van der Waals surface area contributed by atoms with Crippen LogP contribution in [0.3, 0.4) is 0 Å². The molecule has 3 rings (SSSR count). The number of ether oxygens (including phenoxy) is 1. The van der Waals surface area contributed by atoms with Crippen LogP contribution in [-0.2, 0) is 20.9 Å². The van der Waals surface area contributed by atoms with Gasteiger partial charge in [-0.2, -0.15) is 4.98 Å². The van der Waals surface area contributed by atoms with E-state index >= 15 is 0 Å². The van der Waals surface area contributed by atoms with E-state index in [4.69, 9.17) is 4.52 Å². The van der Waals surface area contributed by atoms with E-state index in [2.05, 4.69) is 25.5 Å². The quantitative estimate of drug-likeness (QED) is 0.511. The number of carbonyl (C=O) groups excluding carboxylic acids is 3. The number of rotatable bonds is 5. The van der Waals surface area contributed by atoms with E-state index in [1.165, 1.54) is 31.4 Å². The monoisotopic (exact) mass is 380 g/mol. The van der Waals surface area contributed by atoms with Crippen LogP contribution in [0.25, 0.3) is 11.4 Å². The lowest BCUT2D eigenvalue weighted by molar-refractivity contribution is -0.136. The Morgan fingerprint density at radius 1 is 1.00 bits per heavy atom. The normalized spacial score (nSPS) is 10.2. The van der Waals surface area contributed by atoms with Gasteiger partial charge in [-0.25, -0.2) is 4.79 Å². The summed E-state index contributed by atoms with van der Waals surface area (Å²) in [4.78, 5) is 39.4. The van der Waals surface area contributed by atoms with Crippen LogP contribution >= 0.6 is 0 Å². The molecule has 9 heteroatoms. The SMILES string of the molecule is COC(=O)c1ccc(NC(=O)C(=O)NCc2nc(-c3ccccc3)no2)cc1. The second kappa shape index (κ2) is 8.58. The summed E-state index contributed by atoms with van der Waals surface area (Å²) in [7, 11) is 1.27. The van der Waals surface area contributed by atoms with Gasteiger partial charge in [-0.1, -0.05) is 35.5 Å². The van der Waals surface area contributed by atoms with Gasteiger partial charge in [0.15, 0.2) is 0 Å². The smallest absolute Gasteiger partial charge is 0.337 e. The lowest BCUT2D eigenvalue weighted by atomic mass is 10.2. The molecular weight excluding hydrogens is 364 g/mol. The average Bonchev–Trinajstić information content (AvgIpc) is 3.21. The number of methoxy groups -OCH3 is 1. The Kier molecular flexibility index (Phi) is 5.75. The lowest BCUT2D eigenvalue weighted by Gasteiger charge is -2.06. The zero-order chi connectivity index (χ0) is 19.9. The van der Waals surface area contributed by atoms with Crippen molar-refractivity contribution in [3.05, 3.63) is 66.1 Å². The number of amides is 2. The molecule has 0 aliphatic heterocycles. The van der Waals surface area contributed by atoms with E-state index in [1.54, 1.807) is 0 Å². The van der Waals surface area contributed by atoms with E-state index in [1.807, 2.05) is 30.3 Å². The molecule has 0 atom stereocenters. The first kappa shape index (κ1) is 18.8. The van der Waals surface area contributed by atoms with Crippen molar-refractivity contribution >= 4 is 23.5 Å². The molecule has 0 aliphatic rings. The first-order valence-electron chi connectivity index (χ1n) is 8.22. The summed E-state index contributed by atoms with van der Waals surface area (Å²) < 4.78 is 9.65. The number of hydrogen-bond donors (Lipinski definition) is 2. The van der Waals surface area contributed by atoms with Gasteiger partial charge < -0.3 is 19.9 Å². The number of esters is 1. The van der Waals surface area contributed by atoms with Crippen molar-refractivity contribution in [2.45, 2.75) is 6.54 Å². The molecule has 142 valence electrons. The van der Waals surface area contributed by atoms with Crippen LogP contribution < -0.4 is 10.6 Å². The fraction of sp³-hybridized carbons (Fsp3) is 0.105. The second-order valence-electron chi connectivity index (χ2n) is 5.58. The summed E-state index contributed by atoms with van der Waals surface area (Å²) in [6.45, 7) is -0.0899. The van der Waals surface area contributed by atoms with Gasteiger partial charge in [0.2, 0.25) is 11.7 Å². The highest BCUT2D eigenvalue weighted by molar-refractivity contribution is 6.39. The van der Waals surface area contributed by atoms with Crippen LogP contribution in [-0.4, -0.2) is 35.0 Å². The number of hydrogen-bond acceptors (Lipinski definition) is 7. The van der Waals surface area contributed by atoms with E-state index in [-0.39, 0.29) is 12.4 Å². The molecule has 0 saturated heterocycles. The maximum Gasteiger partial charge on any atom is 0.337 e. The van der Waals surface area contributed by atoms with Gasteiger partial charge in [0.05, 0.1) is 19.2 Å². The van der Waals surface area contributed by atoms with Crippen molar-refractivity contribution in [1.82, 2.24) is 15.5 Å². The third kappa shape index (κ3) is 4.58. The number of aromatic nitrogens is 2. The molecule has 0 bridgehead atoms. The first-order valence-corrected chi connectivity index (χ1v) is 8.22. The molecule has 28 heavy (non-hydrogen) atoms. The molecule has 1 heterocycles. The van der Waals surface area contributed by atoms with Gasteiger partial charge in [-0.15, -0.1) is 0 Å². The van der Waals surface area contributed by atoms with Crippen molar-refractivity contribution in [1.29, 1.82) is 0 Å². The first-order chi connectivity index (χ1) is 13.6. The summed E-state index contributed by atoms with van der Waals surface area (Å²) in [6, 6.07) is 15.1. The third-order valence-electron chi connectivity index (χ3n) is 3.67. The zero-order valence-corrected chi connectivity index (χ0v) is 14.8. The van der Waals surface area contributed by atoms with E-state index in [0.29, 0.717) is 17.1 Å². The predicted octanol–water partition coefficient (Wildman–Crippen LogP) is 1.78. The van der Waals surface area contributed by atoms with Crippen molar-refractivity contribution in [2.24, 2.45) is 0 Å². The van der Waals surface area contributed by atoms with Crippen molar-refractivity contribution in [2.75, 3.05) is 12.4 Å². The fourth-order valence-corrected chi connectivity index (χ4v) is 2.26. The van der Waals surface area contributed by atoms with Crippen LogP contribution in [0.4, 0.5) is 5.69 Å². The molecule has 3 aromatic rings. The maximum absolute atomic E-state index is 12.0. The Hall–Kier alpha value is -4.01. The van der Waals surface area contributed by atoms with Gasteiger partial charge >= 0.3 is 17.8 Å². The molecule has 0 saturated carbocycles. The Labute approximate surface area is 159 Å². The van der Waals surface area contributed by atoms with E-state index in [9.17, 15) is 14.4 Å². The van der Waals surface area contributed by atoms with Gasteiger partial charge in [-0.05, 0) is 24.3 Å². The molecule has 2 amide bonds. The molecule has 0 fully saturated rings. The Morgan fingerprint density at radius 3 is 2.39 bits per heavy atom. The second-order valence-corrected chi connectivity index (χ2v) is 5.58. The van der Waals surface area contributed by atoms with E-state index in [0.717, 1.165) is 5.56 Å². The summed E-state index contributed by atoms with van der Waals surface area (Å²) in [5, 5.41) is 8.66. The molecule has 2 N–H and O–H groups in total. The summed E-state index contributed by atoms with van der Waals surface area (Å²) in [5.41, 5.74) is 1.46. The molecule has 2 aromatic carbocycles. The summed E-state index contributed by atoms with van der Waals surface area (Å²) in [6.07, 6.45) is 0. The zero-order valence-electron chi connectivity index (χ0n) is 14.8. The highest BCUT2D eigenvalue weighted by Crippen LogP contribution is 2.14. The lowest BCUT2D eigenvalue weighted by Crippen LogP contribution is -2.35. The van der Waals surface area contributed by atoms with Crippen LogP contribution in [0.15, 0.2) is 59.1 Å². The van der Waals surface area contributed by atoms with Gasteiger partial charge in [0.25, 0.3) is 0 Å². The summed E-state index contributed by atoms with van der Waals surface area (Å²) in [5.74, 6) is -1.67. The minimum absolute atomic E-state index is 0.0899. The minimum atomic E-state index is -0.867. The van der Waals surface area contributed by atoms with E-state index < -0.39 is 17.8 Å². The number of benzene rings is 2. The molecule has 0 aliphatic carbocycles. The highest BCUT2D eigenvalue weighted by atomic mass is 16.5. The topological polar surface area (TPSA) is 123 Å². The molecule has 0 spiro atoms. The van der Waals surface area contributed by atoms with Crippen LogP contribution in [0.2, 0.25) is 0 Å². The van der Waals surface area contributed by atoms with Crippen LogP contribution in [0.1, 0.15) is 16.2 Å². The standard InChI is InChI=1S/C19H16N4O5/c1-27-19(26)13-7-9-14(10-8-13)21-18(25)17(24)20-11-15-22-16(23-28-15)12-5-3-2-4-6-12/h2-10H,11H2,1H3,(H,20,24)(H,21,25). The Morgan fingerprint density at radius 2 is 1.71 bits per heavy atom. The molecule has 1 aromatic heterocycles. The maximum atomic E-state index is 12.0. The summed E-state index contributed by atoms with van der Waals surface area (Å²) >= 11 is 0. The average molecular weight is 380 g/mol. The van der Waals surface area contributed by atoms with Gasteiger partial charge in [0, 0.05) is 11.3 Å². The largest absolute Gasteiger partial charge is 0.465 e. The Bertz CT molecular complexity index is 983. The van der Waals surface area contributed by atoms with Gasteiger partial charge in [-0.3, -0.25) is 9.59 Å². The minimum Gasteiger partial charge on any atom is -0.465 e. The number of anilines is 1. The molecular formula is C19H16N4O5. The number of nitrogens with one attached hydrogen (secondary N) is 2. The van der Waals surface area contributed by atoms with Gasteiger partial charge in [0.1, 0.15) is 0 Å². The van der Waals surface area contributed by atoms with Crippen molar-refractivity contribution in [3.8, 4) is 11.4 Å². The van der Waals surface area contributed by atoms with Crippen LogP contribution in [0.5, 0.6) is 0 Å². The third-order valence-corrected chi connectivity index (χ3v) is 3.67. The predicted molar refractivity (Wildman–Crippen MR) is 98.0 cm³/mol. The molecule has 0 unspecified atom stereocenters. The number of nitrogens with zero attached hydrogens (tertiary/aromatic N) is 2.